The molecule has 0 aliphatic heterocycles. The molecule has 1 unspecified atom stereocenters. The first-order valence-electron chi connectivity index (χ1n) is 6.69. The van der Waals surface area contributed by atoms with Gasteiger partial charge in [0.15, 0.2) is 0 Å². The van der Waals surface area contributed by atoms with E-state index in [0.29, 0.717) is 0 Å². The van der Waals surface area contributed by atoms with Gasteiger partial charge in [-0.2, -0.15) is 0 Å². The highest BCUT2D eigenvalue weighted by Gasteiger charge is 2.14. The third-order valence-electron chi connectivity index (χ3n) is 2.78. The van der Waals surface area contributed by atoms with Crippen LogP contribution in [0.3, 0.4) is 0 Å². The number of nitrogens with zero attached hydrogens (tertiary/aromatic N) is 1. The molecule has 0 saturated heterocycles. The van der Waals surface area contributed by atoms with Crippen LogP contribution in [0.2, 0.25) is 0 Å². The number of hydrogen-bond acceptors (Lipinski definition) is 4. The molecule has 0 aliphatic rings. The van der Waals surface area contributed by atoms with Crippen molar-refractivity contribution in [3.8, 4) is 5.75 Å². The van der Waals surface area contributed by atoms with Gasteiger partial charge in [-0.1, -0.05) is 19.9 Å². The second kappa shape index (κ2) is 7.26. The number of hydrogen-bond donors (Lipinski definition) is 1. The lowest BCUT2D eigenvalue weighted by molar-refractivity contribution is 0.315. The van der Waals surface area contributed by atoms with E-state index in [1.54, 1.807) is 17.5 Å². The smallest absolute Gasteiger partial charge is 0.137 e. The Bertz CT molecular complexity index is 485. The Morgan fingerprint density at radius 1 is 1.37 bits per heavy atom. The van der Waals surface area contributed by atoms with Crippen LogP contribution in [0, 0.1) is 0 Å². The molecule has 0 radical (unpaired) electrons. The summed E-state index contributed by atoms with van der Waals surface area (Å²) >= 11 is 1.76. The van der Waals surface area contributed by atoms with Gasteiger partial charge in [-0.3, -0.25) is 4.98 Å². The largest absolute Gasteiger partial charge is 0.492 e. The van der Waals surface area contributed by atoms with E-state index in [1.807, 2.05) is 6.20 Å². The van der Waals surface area contributed by atoms with Crippen LogP contribution in [0.5, 0.6) is 5.75 Å². The van der Waals surface area contributed by atoms with Crippen molar-refractivity contribution in [3.05, 3.63) is 46.4 Å². The molecule has 102 valence electrons. The van der Waals surface area contributed by atoms with Gasteiger partial charge in [0.05, 0.1) is 18.8 Å². The van der Waals surface area contributed by atoms with Gasteiger partial charge in [0.25, 0.3) is 0 Å². The molecule has 0 aromatic carbocycles. The van der Waals surface area contributed by atoms with Crippen LogP contribution in [0.25, 0.3) is 0 Å². The molecular weight excluding hydrogens is 256 g/mol. The first kappa shape index (κ1) is 14.0. The maximum absolute atomic E-state index is 5.65. The van der Waals surface area contributed by atoms with Gasteiger partial charge in [-0.15, -0.1) is 11.3 Å². The zero-order chi connectivity index (χ0) is 13.5. The first-order valence-corrected chi connectivity index (χ1v) is 7.57. The summed E-state index contributed by atoms with van der Waals surface area (Å²) in [4.78, 5) is 5.59. The minimum absolute atomic E-state index is 0.197. The van der Waals surface area contributed by atoms with E-state index in [4.69, 9.17) is 4.74 Å². The fourth-order valence-electron chi connectivity index (χ4n) is 1.93. The molecule has 0 aliphatic carbocycles. The van der Waals surface area contributed by atoms with Crippen molar-refractivity contribution in [2.24, 2.45) is 0 Å². The van der Waals surface area contributed by atoms with E-state index in [0.717, 1.165) is 30.9 Å². The van der Waals surface area contributed by atoms with Gasteiger partial charge in [0.2, 0.25) is 0 Å². The molecule has 1 atom stereocenters. The predicted octanol–water partition coefficient (Wildman–Crippen LogP) is 3.63. The summed E-state index contributed by atoms with van der Waals surface area (Å²) < 4.78 is 5.65. The first-order chi connectivity index (χ1) is 9.35. The van der Waals surface area contributed by atoms with E-state index >= 15 is 0 Å². The van der Waals surface area contributed by atoms with Crippen molar-refractivity contribution in [2.45, 2.75) is 26.3 Å². The molecule has 0 spiro atoms. The van der Waals surface area contributed by atoms with Crippen LogP contribution in [-0.2, 0) is 0 Å². The molecule has 0 bridgehead atoms. The number of thiophene rings is 1. The fraction of sp³-hybridized carbons (Fsp3) is 0.400. The Hall–Kier alpha value is -1.39. The Balaban J connectivity index is 2.21. The van der Waals surface area contributed by atoms with Crippen LogP contribution in [0.1, 0.15) is 36.8 Å². The second-order valence-electron chi connectivity index (χ2n) is 4.31. The minimum Gasteiger partial charge on any atom is -0.492 e. The Labute approximate surface area is 118 Å². The van der Waals surface area contributed by atoms with Gasteiger partial charge in [-0.25, -0.2) is 0 Å². The zero-order valence-electron chi connectivity index (χ0n) is 11.4. The zero-order valence-corrected chi connectivity index (χ0v) is 12.2. The maximum Gasteiger partial charge on any atom is 0.137 e. The van der Waals surface area contributed by atoms with Crippen LogP contribution in [0.4, 0.5) is 0 Å². The molecular formula is C15H20N2OS. The normalized spacial score (nSPS) is 12.3. The van der Waals surface area contributed by atoms with Crippen molar-refractivity contribution in [1.29, 1.82) is 0 Å². The van der Waals surface area contributed by atoms with Crippen LogP contribution in [-0.4, -0.2) is 18.1 Å². The monoisotopic (exact) mass is 276 g/mol. The Kier molecular flexibility index (Phi) is 5.36. The average molecular weight is 276 g/mol. The molecule has 1 N–H and O–H groups in total. The molecule has 2 heterocycles. The van der Waals surface area contributed by atoms with Gasteiger partial charge in [0.1, 0.15) is 5.75 Å². The van der Waals surface area contributed by atoms with Crippen molar-refractivity contribution >= 4 is 11.3 Å². The van der Waals surface area contributed by atoms with Gasteiger partial charge >= 0.3 is 0 Å². The summed E-state index contributed by atoms with van der Waals surface area (Å²) in [5.74, 6) is 0.846. The van der Waals surface area contributed by atoms with E-state index < -0.39 is 0 Å². The highest BCUT2D eigenvalue weighted by Crippen LogP contribution is 2.27. The van der Waals surface area contributed by atoms with Crippen molar-refractivity contribution in [2.75, 3.05) is 13.2 Å². The minimum atomic E-state index is 0.197. The lowest BCUT2D eigenvalue weighted by Gasteiger charge is -2.17. The summed E-state index contributed by atoms with van der Waals surface area (Å²) in [6.07, 6.45) is 4.69. The quantitative estimate of drug-likeness (QED) is 0.838. The van der Waals surface area contributed by atoms with E-state index in [2.05, 4.69) is 47.7 Å². The summed E-state index contributed by atoms with van der Waals surface area (Å²) in [6, 6.07) is 6.50. The fourth-order valence-corrected chi connectivity index (χ4v) is 2.76. The molecule has 2 rings (SSSR count). The summed E-state index contributed by atoms with van der Waals surface area (Å²) in [5, 5.41) is 5.60. The summed E-state index contributed by atoms with van der Waals surface area (Å²) in [5.41, 5.74) is 1.15. The predicted molar refractivity (Wildman–Crippen MR) is 79.9 cm³/mol. The molecule has 2 aromatic rings. The van der Waals surface area contributed by atoms with Gasteiger partial charge in [-0.05, 0) is 36.0 Å². The molecule has 3 nitrogen and oxygen atoms in total. The average Bonchev–Trinajstić information content (AvgIpc) is 2.96. The van der Waals surface area contributed by atoms with Crippen LogP contribution < -0.4 is 10.1 Å². The van der Waals surface area contributed by atoms with Crippen molar-refractivity contribution in [1.82, 2.24) is 10.3 Å². The second-order valence-corrected chi connectivity index (χ2v) is 5.29. The number of rotatable bonds is 7. The Morgan fingerprint density at radius 2 is 2.26 bits per heavy atom. The SMILES string of the molecule is CCCOc1cncc(C(NCC)c2cccs2)c1. The topological polar surface area (TPSA) is 34.1 Å². The highest BCUT2D eigenvalue weighted by atomic mass is 32.1. The molecule has 2 aromatic heterocycles. The Morgan fingerprint density at radius 3 is 2.95 bits per heavy atom. The van der Waals surface area contributed by atoms with E-state index in [-0.39, 0.29) is 6.04 Å². The molecule has 4 heteroatoms. The standard InChI is InChI=1S/C15H20N2OS/c1-3-7-18-13-9-12(10-16-11-13)15(17-4-2)14-6-5-8-19-14/h5-6,8-11,15,17H,3-4,7H2,1-2H3. The van der Waals surface area contributed by atoms with Gasteiger partial charge < -0.3 is 10.1 Å². The van der Waals surface area contributed by atoms with Crippen molar-refractivity contribution in [3.63, 3.8) is 0 Å². The highest BCUT2D eigenvalue weighted by molar-refractivity contribution is 7.10. The van der Waals surface area contributed by atoms with Crippen molar-refractivity contribution < 1.29 is 4.74 Å². The molecule has 0 saturated carbocycles. The molecule has 0 fully saturated rings. The lowest BCUT2D eigenvalue weighted by atomic mass is 10.1. The van der Waals surface area contributed by atoms with Crippen LogP contribution in [0.15, 0.2) is 36.0 Å². The van der Waals surface area contributed by atoms with Gasteiger partial charge in [0, 0.05) is 11.1 Å². The third-order valence-corrected chi connectivity index (χ3v) is 3.71. The molecule has 19 heavy (non-hydrogen) atoms. The number of nitrogens with one attached hydrogen (secondary N) is 1. The molecule has 0 amide bonds. The van der Waals surface area contributed by atoms with E-state index in [1.165, 1.54) is 4.88 Å². The van der Waals surface area contributed by atoms with Crippen LogP contribution >= 0.6 is 11.3 Å². The maximum atomic E-state index is 5.65. The van der Waals surface area contributed by atoms with E-state index in [9.17, 15) is 0 Å². The lowest BCUT2D eigenvalue weighted by Crippen LogP contribution is -2.21. The number of ether oxygens (including phenoxy) is 1. The number of pyridine rings is 1. The summed E-state index contributed by atoms with van der Waals surface area (Å²) in [6.45, 7) is 5.87. The third kappa shape index (κ3) is 3.78. The summed E-state index contributed by atoms with van der Waals surface area (Å²) in [7, 11) is 0. The number of aromatic nitrogens is 1.